The third-order valence-electron chi connectivity index (χ3n) is 6.41. The molecule has 2 aromatic rings. The van der Waals surface area contributed by atoms with Crippen LogP contribution in [0.1, 0.15) is 48.3 Å². The quantitative estimate of drug-likeness (QED) is 0.758. The summed E-state index contributed by atoms with van der Waals surface area (Å²) in [6.45, 7) is 5.77. The van der Waals surface area contributed by atoms with E-state index < -0.39 is 0 Å². The zero-order valence-electron chi connectivity index (χ0n) is 17.7. The molecule has 2 aliphatic rings. The molecule has 4 rings (SSSR count). The zero-order valence-corrected chi connectivity index (χ0v) is 17.7. The summed E-state index contributed by atoms with van der Waals surface area (Å²) in [7, 11) is 0. The minimum absolute atomic E-state index is 0.0525. The predicted molar refractivity (Wildman–Crippen MR) is 120 cm³/mol. The Bertz CT molecular complexity index is 949. The van der Waals surface area contributed by atoms with E-state index in [0.717, 1.165) is 37.2 Å². The van der Waals surface area contributed by atoms with Crippen LogP contribution in [0.3, 0.4) is 0 Å². The molecule has 1 saturated heterocycles. The highest BCUT2D eigenvalue weighted by atomic mass is 16.2. The highest BCUT2D eigenvalue weighted by Crippen LogP contribution is 2.33. The second-order valence-electron chi connectivity index (χ2n) is 8.42. The molecular formula is C26H30N2O2. The van der Waals surface area contributed by atoms with Crippen LogP contribution in [-0.2, 0) is 9.59 Å². The molecule has 1 heterocycles. The molecular weight excluding hydrogens is 372 g/mol. The summed E-state index contributed by atoms with van der Waals surface area (Å²) in [5, 5.41) is 3.03. The molecule has 1 fully saturated rings. The summed E-state index contributed by atoms with van der Waals surface area (Å²) in [6, 6.07) is 18.6. The first-order valence-electron chi connectivity index (χ1n) is 11.0. The average molecular weight is 403 g/mol. The van der Waals surface area contributed by atoms with Gasteiger partial charge in [0.25, 0.3) is 0 Å². The molecule has 0 bridgehead atoms. The maximum Gasteiger partial charge on any atom is 0.224 e. The van der Waals surface area contributed by atoms with E-state index in [9.17, 15) is 9.59 Å². The number of hydrogen-bond acceptors (Lipinski definition) is 3. The highest BCUT2D eigenvalue weighted by molar-refractivity contribution is 6.10. The number of carbonyl (C=O) groups excluding carboxylic acids is 2. The summed E-state index contributed by atoms with van der Waals surface area (Å²) in [5.74, 6) is 0.643. The number of allylic oxidation sites excluding steroid dienone is 1. The van der Waals surface area contributed by atoms with Crippen molar-refractivity contribution >= 4 is 17.3 Å². The number of likely N-dealkylation sites (tertiary alicyclic amines) is 1. The number of nitrogens with one attached hydrogen (secondary N) is 1. The highest BCUT2D eigenvalue weighted by Gasteiger charge is 2.26. The lowest BCUT2D eigenvalue weighted by Gasteiger charge is -2.17. The van der Waals surface area contributed by atoms with Gasteiger partial charge in [-0.1, -0.05) is 54.6 Å². The molecule has 4 nitrogen and oxygen atoms in total. The van der Waals surface area contributed by atoms with Gasteiger partial charge in [-0.2, -0.15) is 0 Å². The number of carbonyl (C=O) groups is 2. The Morgan fingerprint density at radius 1 is 1.07 bits per heavy atom. The van der Waals surface area contributed by atoms with Gasteiger partial charge in [0.2, 0.25) is 5.91 Å². The third-order valence-corrected chi connectivity index (χ3v) is 6.41. The van der Waals surface area contributed by atoms with E-state index in [1.807, 2.05) is 30.3 Å². The number of benzene rings is 2. The Morgan fingerprint density at radius 2 is 1.83 bits per heavy atom. The lowest BCUT2D eigenvalue weighted by atomic mass is 9.94. The molecule has 1 N–H and O–H groups in total. The van der Waals surface area contributed by atoms with E-state index in [1.165, 1.54) is 17.5 Å². The summed E-state index contributed by atoms with van der Waals surface area (Å²) in [5.41, 5.74) is 5.60. The van der Waals surface area contributed by atoms with E-state index in [2.05, 4.69) is 41.4 Å². The van der Waals surface area contributed by atoms with E-state index in [1.54, 1.807) is 0 Å². The number of amides is 1. The van der Waals surface area contributed by atoms with Gasteiger partial charge in [0, 0.05) is 31.6 Å². The zero-order chi connectivity index (χ0) is 20.9. The minimum Gasteiger partial charge on any atom is -0.355 e. The van der Waals surface area contributed by atoms with Crippen molar-refractivity contribution in [3.05, 3.63) is 76.9 Å². The summed E-state index contributed by atoms with van der Waals surface area (Å²) < 4.78 is 0. The molecule has 0 saturated carbocycles. The Balaban J connectivity index is 1.27. The number of hydrogen-bond donors (Lipinski definition) is 1. The summed E-state index contributed by atoms with van der Waals surface area (Å²) >= 11 is 0. The molecule has 1 aliphatic heterocycles. The van der Waals surface area contributed by atoms with Crippen LogP contribution in [0.15, 0.2) is 60.2 Å². The number of nitrogens with zero attached hydrogens (tertiary/aromatic N) is 1. The number of ketones is 1. The second kappa shape index (κ2) is 9.40. The van der Waals surface area contributed by atoms with Gasteiger partial charge in [0.05, 0.1) is 6.42 Å². The number of Topliss-reactive ketones (excluding diaryl/α,β-unsaturated/α-hetero) is 1. The number of aryl methyl sites for hydroxylation is 1. The fourth-order valence-electron chi connectivity index (χ4n) is 4.78. The van der Waals surface area contributed by atoms with Gasteiger partial charge in [0.15, 0.2) is 5.78 Å². The molecule has 2 aromatic carbocycles. The van der Waals surface area contributed by atoms with E-state index in [4.69, 9.17) is 0 Å². The smallest absolute Gasteiger partial charge is 0.224 e. The SMILES string of the molecule is Cc1ccccc1[C@@H]1CCN(CCNC(=O)CC2=C(c3ccccc3)CCC2=O)C1. The van der Waals surface area contributed by atoms with Crippen LogP contribution >= 0.6 is 0 Å². The van der Waals surface area contributed by atoms with Gasteiger partial charge in [0.1, 0.15) is 0 Å². The van der Waals surface area contributed by atoms with Gasteiger partial charge in [-0.25, -0.2) is 0 Å². The first-order chi connectivity index (χ1) is 14.6. The maximum absolute atomic E-state index is 12.5. The van der Waals surface area contributed by atoms with E-state index in [-0.39, 0.29) is 18.1 Å². The second-order valence-corrected chi connectivity index (χ2v) is 8.42. The lowest BCUT2D eigenvalue weighted by Crippen LogP contribution is -2.34. The van der Waals surface area contributed by atoms with Crippen molar-refractivity contribution in [1.82, 2.24) is 10.2 Å². The van der Waals surface area contributed by atoms with Crippen LogP contribution in [0.25, 0.3) is 5.57 Å². The van der Waals surface area contributed by atoms with E-state index in [0.29, 0.717) is 24.5 Å². The van der Waals surface area contributed by atoms with Crippen LogP contribution < -0.4 is 5.32 Å². The van der Waals surface area contributed by atoms with Crippen molar-refractivity contribution in [2.75, 3.05) is 26.2 Å². The molecule has 30 heavy (non-hydrogen) atoms. The Kier molecular flexibility index (Phi) is 6.44. The third kappa shape index (κ3) is 4.71. The summed E-state index contributed by atoms with van der Waals surface area (Å²) in [6.07, 6.45) is 2.61. The molecule has 4 heteroatoms. The van der Waals surface area contributed by atoms with Crippen molar-refractivity contribution < 1.29 is 9.59 Å². The van der Waals surface area contributed by atoms with Gasteiger partial charge >= 0.3 is 0 Å². The maximum atomic E-state index is 12.5. The first-order valence-corrected chi connectivity index (χ1v) is 11.0. The molecule has 1 aliphatic carbocycles. The molecule has 156 valence electrons. The Labute approximate surface area is 179 Å². The number of rotatable bonds is 7. The van der Waals surface area contributed by atoms with Crippen LogP contribution in [0, 0.1) is 6.92 Å². The van der Waals surface area contributed by atoms with Crippen molar-refractivity contribution in [2.45, 2.75) is 38.5 Å². The van der Waals surface area contributed by atoms with Gasteiger partial charge in [-0.3, -0.25) is 9.59 Å². The topological polar surface area (TPSA) is 49.4 Å². The minimum atomic E-state index is -0.0525. The first kappa shape index (κ1) is 20.5. The molecule has 1 atom stereocenters. The van der Waals surface area contributed by atoms with Crippen molar-refractivity contribution in [3.63, 3.8) is 0 Å². The van der Waals surface area contributed by atoms with Crippen LogP contribution in [0.4, 0.5) is 0 Å². The van der Waals surface area contributed by atoms with Crippen molar-refractivity contribution in [1.29, 1.82) is 0 Å². The molecule has 0 aromatic heterocycles. The van der Waals surface area contributed by atoms with Crippen LogP contribution in [-0.4, -0.2) is 42.8 Å². The summed E-state index contributed by atoms with van der Waals surface area (Å²) in [4.78, 5) is 27.3. The molecule has 0 unspecified atom stereocenters. The lowest BCUT2D eigenvalue weighted by molar-refractivity contribution is -0.122. The standard InChI is InChI=1S/C26H30N2O2/c1-19-7-5-6-10-22(19)21-13-15-28(18-21)16-14-27-26(30)17-24-23(11-12-25(24)29)20-8-3-2-4-9-20/h2-10,21H,11-18H2,1H3,(H,27,30)/t21-/m1/s1. The fraction of sp³-hybridized carbons (Fsp3) is 0.385. The van der Waals surface area contributed by atoms with E-state index >= 15 is 0 Å². The van der Waals surface area contributed by atoms with Gasteiger partial charge in [-0.05, 0) is 54.5 Å². The molecule has 0 spiro atoms. The Morgan fingerprint density at radius 3 is 2.63 bits per heavy atom. The van der Waals surface area contributed by atoms with Gasteiger partial charge in [-0.15, -0.1) is 0 Å². The van der Waals surface area contributed by atoms with Crippen LogP contribution in [0.2, 0.25) is 0 Å². The normalized spacial score (nSPS) is 19.5. The monoisotopic (exact) mass is 402 g/mol. The van der Waals surface area contributed by atoms with Crippen molar-refractivity contribution in [2.24, 2.45) is 0 Å². The predicted octanol–water partition coefficient (Wildman–Crippen LogP) is 4.11. The van der Waals surface area contributed by atoms with Gasteiger partial charge < -0.3 is 10.2 Å². The van der Waals surface area contributed by atoms with Crippen molar-refractivity contribution in [3.8, 4) is 0 Å². The molecule has 0 radical (unpaired) electrons. The average Bonchev–Trinajstić information content (AvgIpc) is 3.36. The van der Waals surface area contributed by atoms with Crippen LogP contribution in [0.5, 0.6) is 0 Å². The Hall–Kier alpha value is -2.72. The largest absolute Gasteiger partial charge is 0.355 e. The molecule has 1 amide bonds. The fourth-order valence-corrected chi connectivity index (χ4v) is 4.78.